The molecule has 1 aromatic heterocycles. The largest absolute Gasteiger partial charge is 0.490 e. The van der Waals surface area contributed by atoms with Crippen molar-refractivity contribution in [2.75, 3.05) is 13.2 Å². The minimum Gasteiger partial charge on any atom is -0.490 e. The molecule has 2 amide bonds. The van der Waals surface area contributed by atoms with E-state index in [0.29, 0.717) is 24.7 Å². The molecule has 1 heterocycles. The van der Waals surface area contributed by atoms with Crippen molar-refractivity contribution in [3.05, 3.63) is 46.2 Å². The number of carbonyl (C=O) groups is 2. The van der Waals surface area contributed by atoms with E-state index in [4.69, 9.17) is 9.47 Å². The van der Waals surface area contributed by atoms with Crippen LogP contribution in [0, 0.1) is 0 Å². The van der Waals surface area contributed by atoms with Crippen LogP contribution in [0.2, 0.25) is 0 Å². The van der Waals surface area contributed by atoms with E-state index in [1.807, 2.05) is 56.5 Å². The van der Waals surface area contributed by atoms with Crippen LogP contribution in [0.15, 0.2) is 35.7 Å². The summed E-state index contributed by atoms with van der Waals surface area (Å²) in [7, 11) is 0. The highest BCUT2D eigenvalue weighted by Crippen LogP contribution is 2.31. The van der Waals surface area contributed by atoms with Crippen molar-refractivity contribution in [1.29, 1.82) is 0 Å². The van der Waals surface area contributed by atoms with Crippen LogP contribution in [0.4, 0.5) is 0 Å². The highest BCUT2D eigenvalue weighted by Gasteiger charge is 2.20. The van der Waals surface area contributed by atoms with Gasteiger partial charge in [0.2, 0.25) is 11.8 Å². The Kier molecular flexibility index (Phi) is 8.32. The van der Waals surface area contributed by atoms with Gasteiger partial charge in [0.05, 0.1) is 31.7 Å². The smallest absolute Gasteiger partial charge is 0.222 e. The van der Waals surface area contributed by atoms with Gasteiger partial charge in [0.15, 0.2) is 11.5 Å². The zero-order chi connectivity index (χ0) is 20.5. The van der Waals surface area contributed by atoms with Crippen molar-refractivity contribution in [2.24, 2.45) is 0 Å². The van der Waals surface area contributed by atoms with Gasteiger partial charge in [0, 0.05) is 11.8 Å². The second-order valence-corrected chi connectivity index (χ2v) is 7.31. The Hall–Kier alpha value is -2.54. The molecule has 1 aromatic carbocycles. The standard InChI is InChI=1S/C21H28N2O4S/c1-5-26-18-10-9-16(12-19(18)27-6-2)14(3)22-21(25)13-17(23-15(4)24)20-8-7-11-28-20/h7-12,14,17H,5-6,13H2,1-4H3,(H,22,25)(H,23,24). The molecule has 2 atom stereocenters. The molecule has 6 nitrogen and oxygen atoms in total. The van der Waals surface area contributed by atoms with Gasteiger partial charge in [0.1, 0.15) is 0 Å². The fraction of sp³-hybridized carbons (Fsp3) is 0.429. The molecule has 7 heteroatoms. The van der Waals surface area contributed by atoms with Crippen LogP contribution < -0.4 is 20.1 Å². The maximum atomic E-state index is 12.6. The molecule has 0 saturated heterocycles. The molecule has 2 N–H and O–H groups in total. The van der Waals surface area contributed by atoms with Crippen LogP contribution in [0.1, 0.15) is 56.6 Å². The molecule has 0 spiro atoms. The number of amides is 2. The van der Waals surface area contributed by atoms with E-state index >= 15 is 0 Å². The predicted molar refractivity (Wildman–Crippen MR) is 111 cm³/mol. The summed E-state index contributed by atoms with van der Waals surface area (Å²) in [5, 5.41) is 7.78. The molecule has 2 aromatic rings. The molecular weight excluding hydrogens is 376 g/mol. The molecule has 0 aliphatic carbocycles. The Bertz CT molecular complexity index is 777. The van der Waals surface area contributed by atoms with Gasteiger partial charge in [-0.05, 0) is 49.9 Å². The number of carbonyl (C=O) groups excluding carboxylic acids is 2. The topological polar surface area (TPSA) is 76.7 Å². The monoisotopic (exact) mass is 404 g/mol. The third-order valence-corrected chi connectivity index (χ3v) is 5.08. The number of hydrogen-bond donors (Lipinski definition) is 2. The summed E-state index contributed by atoms with van der Waals surface area (Å²) < 4.78 is 11.2. The third kappa shape index (κ3) is 6.27. The fourth-order valence-electron chi connectivity index (χ4n) is 2.86. The molecule has 0 aliphatic heterocycles. The van der Waals surface area contributed by atoms with Gasteiger partial charge in [-0.25, -0.2) is 0 Å². The second kappa shape index (κ2) is 10.7. The summed E-state index contributed by atoms with van der Waals surface area (Å²) in [4.78, 5) is 25.0. The van der Waals surface area contributed by atoms with Gasteiger partial charge in [-0.2, -0.15) is 0 Å². The lowest BCUT2D eigenvalue weighted by atomic mass is 10.1. The number of rotatable bonds is 10. The molecule has 0 radical (unpaired) electrons. The van der Waals surface area contributed by atoms with Crippen molar-refractivity contribution in [2.45, 2.75) is 46.2 Å². The number of nitrogens with one attached hydrogen (secondary N) is 2. The first kappa shape index (κ1) is 21.8. The Morgan fingerprint density at radius 2 is 1.79 bits per heavy atom. The molecular formula is C21H28N2O4S. The highest BCUT2D eigenvalue weighted by atomic mass is 32.1. The van der Waals surface area contributed by atoms with Crippen LogP contribution >= 0.6 is 11.3 Å². The Labute approximate surface area is 170 Å². The van der Waals surface area contributed by atoms with E-state index < -0.39 is 0 Å². The van der Waals surface area contributed by atoms with Crippen molar-refractivity contribution < 1.29 is 19.1 Å². The summed E-state index contributed by atoms with van der Waals surface area (Å²) >= 11 is 1.52. The summed E-state index contributed by atoms with van der Waals surface area (Å²) in [5.41, 5.74) is 0.924. The lowest BCUT2D eigenvalue weighted by molar-refractivity contribution is -0.123. The molecule has 28 heavy (non-hydrogen) atoms. The Morgan fingerprint density at radius 1 is 1.07 bits per heavy atom. The third-order valence-electron chi connectivity index (χ3n) is 4.10. The maximum Gasteiger partial charge on any atom is 0.222 e. The van der Waals surface area contributed by atoms with E-state index in [-0.39, 0.29) is 30.3 Å². The van der Waals surface area contributed by atoms with E-state index in [2.05, 4.69) is 10.6 Å². The van der Waals surface area contributed by atoms with E-state index in [9.17, 15) is 9.59 Å². The second-order valence-electron chi connectivity index (χ2n) is 6.33. The van der Waals surface area contributed by atoms with Crippen LogP contribution in [0.25, 0.3) is 0 Å². The van der Waals surface area contributed by atoms with Crippen LogP contribution in [-0.2, 0) is 9.59 Å². The minimum atomic E-state index is -0.330. The average molecular weight is 405 g/mol. The number of thiophene rings is 1. The molecule has 2 unspecified atom stereocenters. The zero-order valence-electron chi connectivity index (χ0n) is 16.8. The summed E-state index contributed by atoms with van der Waals surface area (Å²) in [6.45, 7) is 8.30. The Balaban J connectivity index is 2.06. The van der Waals surface area contributed by atoms with Gasteiger partial charge in [-0.1, -0.05) is 12.1 Å². The quantitative estimate of drug-likeness (QED) is 0.628. The lowest BCUT2D eigenvalue weighted by Gasteiger charge is -2.20. The van der Waals surface area contributed by atoms with Crippen molar-refractivity contribution in [1.82, 2.24) is 10.6 Å². The van der Waals surface area contributed by atoms with E-state index in [1.165, 1.54) is 18.3 Å². The molecule has 0 aliphatic rings. The lowest BCUT2D eigenvalue weighted by Crippen LogP contribution is -2.33. The van der Waals surface area contributed by atoms with Gasteiger partial charge < -0.3 is 20.1 Å². The summed E-state index contributed by atoms with van der Waals surface area (Å²) in [6, 6.07) is 8.96. The molecule has 0 bridgehead atoms. The molecule has 2 rings (SSSR count). The van der Waals surface area contributed by atoms with Crippen molar-refractivity contribution in [3.63, 3.8) is 0 Å². The molecule has 152 valence electrons. The number of ether oxygens (including phenoxy) is 2. The average Bonchev–Trinajstić information content (AvgIpc) is 3.17. The van der Waals surface area contributed by atoms with Crippen molar-refractivity contribution >= 4 is 23.2 Å². The molecule has 0 fully saturated rings. The molecule has 0 saturated carbocycles. The number of hydrogen-bond acceptors (Lipinski definition) is 5. The van der Waals surface area contributed by atoms with Crippen LogP contribution in [0.3, 0.4) is 0 Å². The normalized spacial score (nSPS) is 12.7. The van der Waals surface area contributed by atoms with Crippen LogP contribution in [0.5, 0.6) is 11.5 Å². The predicted octanol–water partition coefficient (Wildman–Crippen LogP) is 3.99. The first-order chi connectivity index (χ1) is 13.4. The first-order valence-electron chi connectivity index (χ1n) is 9.44. The van der Waals surface area contributed by atoms with Gasteiger partial charge in [0.25, 0.3) is 0 Å². The SMILES string of the molecule is CCOc1ccc(C(C)NC(=O)CC(NC(C)=O)c2cccs2)cc1OCC. The minimum absolute atomic E-state index is 0.133. The summed E-state index contributed by atoms with van der Waals surface area (Å²) in [5.74, 6) is 1.06. The fourth-order valence-corrected chi connectivity index (χ4v) is 3.64. The maximum absolute atomic E-state index is 12.6. The van der Waals surface area contributed by atoms with Gasteiger partial charge >= 0.3 is 0 Å². The van der Waals surface area contributed by atoms with E-state index in [0.717, 1.165) is 10.4 Å². The van der Waals surface area contributed by atoms with Gasteiger partial charge in [-0.15, -0.1) is 11.3 Å². The number of benzene rings is 1. The highest BCUT2D eigenvalue weighted by molar-refractivity contribution is 7.10. The Morgan fingerprint density at radius 3 is 2.39 bits per heavy atom. The zero-order valence-corrected chi connectivity index (χ0v) is 17.6. The van der Waals surface area contributed by atoms with Crippen molar-refractivity contribution in [3.8, 4) is 11.5 Å². The van der Waals surface area contributed by atoms with Crippen LogP contribution in [-0.4, -0.2) is 25.0 Å². The summed E-state index contributed by atoms with van der Waals surface area (Å²) in [6.07, 6.45) is 0.180. The first-order valence-corrected chi connectivity index (χ1v) is 10.3. The van der Waals surface area contributed by atoms with Gasteiger partial charge in [-0.3, -0.25) is 9.59 Å². The van der Waals surface area contributed by atoms with E-state index in [1.54, 1.807) is 0 Å².